The van der Waals surface area contributed by atoms with Gasteiger partial charge in [0.15, 0.2) is 0 Å². The van der Waals surface area contributed by atoms with Gasteiger partial charge in [-0.3, -0.25) is 0 Å². The van der Waals surface area contributed by atoms with E-state index in [1.807, 2.05) is 24.3 Å². The zero-order valence-corrected chi connectivity index (χ0v) is 16.8. The average Bonchev–Trinajstić information content (AvgIpc) is 2.77. The summed E-state index contributed by atoms with van der Waals surface area (Å²) in [6, 6.07) is 25.9. The number of nitrogens with one attached hydrogen (secondary N) is 2. The molecule has 0 aliphatic carbocycles. The van der Waals surface area contributed by atoms with E-state index in [1.165, 1.54) is 11.1 Å². The highest BCUT2D eigenvalue weighted by molar-refractivity contribution is 5.73. The van der Waals surface area contributed by atoms with Crippen molar-refractivity contribution in [1.29, 1.82) is 5.26 Å². The topological polar surface area (TPSA) is 73.6 Å². The van der Waals surface area contributed by atoms with Crippen LogP contribution in [-0.4, -0.2) is 9.97 Å². The first-order valence-corrected chi connectivity index (χ1v) is 9.66. The molecule has 0 amide bonds. The number of nitrogens with zero attached hydrogens (tertiary/aromatic N) is 3. The van der Waals surface area contributed by atoms with Gasteiger partial charge < -0.3 is 10.6 Å². The average molecular weight is 391 g/mol. The summed E-state index contributed by atoms with van der Waals surface area (Å²) in [4.78, 5) is 8.86. The van der Waals surface area contributed by atoms with Crippen LogP contribution in [0.2, 0.25) is 0 Å². The summed E-state index contributed by atoms with van der Waals surface area (Å²) in [6.07, 6.45) is 1.71. The third-order valence-electron chi connectivity index (χ3n) is 4.82. The molecule has 146 valence electrons. The molecule has 30 heavy (non-hydrogen) atoms. The standard InChI is InChI=1S/C25H21N5/c1-17-14-21(20-6-4-3-5-7-20)15-18(2)24(17)29-23-12-13-27-25(30-23)28-22-10-8-19(16-26)9-11-22/h3-15H,1-2H3,(H2,27,28,29,30). The molecule has 0 atom stereocenters. The van der Waals surface area contributed by atoms with Gasteiger partial charge in [0, 0.05) is 17.6 Å². The van der Waals surface area contributed by atoms with Gasteiger partial charge in [-0.25, -0.2) is 4.98 Å². The van der Waals surface area contributed by atoms with Gasteiger partial charge in [0.25, 0.3) is 0 Å². The highest BCUT2D eigenvalue weighted by Gasteiger charge is 2.09. The quantitative estimate of drug-likeness (QED) is 0.429. The van der Waals surface area contributed by atoms with Crippen molar-refractivity contribution in [1.82, 2.24) is 9.97 Å². The molecule has 0 saturated heterocycles. The summed E-state index contributed by atoms with van der Waals surface area (Å²) in [7, 11) is 0. The van der Waals surface area contributed by atoms with Gasteiger partial charge in [-0.2, -0.15) is 10.2 Å². The lowest BCUT2D eigenvalue weighted by Crippen LogP contribution is -2.02. The SMILES string of the molecule is Cc1cc(-c2ccccc2)cc(C)c1Nc1ccnc(Nc2ccc(C#N)cc2)n1. The van der Waals surface area contributed by atoms with Gasteiger partial charge in [-0.15, -0.1) is 0 Å². The summed E-state index contributed by atoms with van der Waals surface area (Å²) in [5.41, 5.74) is 7.17. The fourth-order valence-electron chi connectivity index (χ4n) is 3.33. The molecule has 0 aliphatic rings. The fourth-order valence-corrected chi connectivity index (χ4v) is 3.33. The van der Waals surface area contributed by atoms with E-state index in [4.69, 9.17) is 5.26 Å². The first-order valence-electron chi connectivity index (χ1n) is 9.66. The number of aromatic nitrogens is 2. The van der Waals surface area contributed by atoms with Crippen LogP contribution in [0, 0.1) is 25.2 Å². The van der Waals surface area contributed by atoms with E-state index >= 15 is 0 Å². The van der Waals surface area contributed by atoms with Crippen molar-refractivity contribution in [3.8, 4) is 17.2 Å². The van der Waals surface area contributed by atoms with Crippen LogP contribution in [0.4, 0.5) is 23.1 Å². The third-order valence-corrected chi connectivity index (χ3v) is 4.82. The first-order chi connectivity index (χ1) is 14.6. The lowest BCUT2D eigenvalue weighted by atomic mass is 9.99. The Morgan fingerprint density at radius 1 is 0.800 bits per heavy atom. The van der Waals surface area contributed by atoms with Crippen LogP contribution in [0.5, 0.6) is 0 Å². The maximum atomic E-state index is 8.92. The summed E-state index contributed by atoms with van der Waals surface area (Å²) in [6.45, 7) is 4.19. The van der Waals surface area contributed by atoms with Gasteiger partial charge in [0.05, 0.1) is 11.6 Å². The Labute approximate surface area is 176 Å². The summed E-state index contributed by atoms with van der Waals surface area (Å²) >= 11 is 0. The summed E-state index contributed by atoms with van der Waals surface area (Å²) < 4.78 is 0. The summed E-state index contributed by atoms with van der Waals surface area (Å²) in [5.74, 6) is 1.20. The smallest absolute Gasteiger partial charge is 0.229 e. The van der Waals surface area contributed by atoms with E-state index in [9.17, 15) is 0 Å². The van der Waals surface area contributed by atoms with Gasteiger partial charge in [0.2, 0.25) is 5.95 Å². The molecule has 0 fully saturated rings. The van der Waals surface area contributed by atoms with Crippen LogP contribution < -0.4 is 10.6 Å². The van der Waals surface area contributed by atoms with E-state index in [2.05, 4.69) is 76.9 Å². The van der Waals surface area contributed by atoms with Crippen molar-refractivity contribution in [3.63, 3.8) is 0 Å². The molecule has 0 unspecified atom stereocenters. The van der Waals surface area contributed by atoms with Crippen molar-refractivity contribution in [2.45, 2.75) is 13.8 Å². The molecule has 4 aromatic rings. The molecule has 0 bridgehead atoms. The van der Waals surface area contributed by atoms with Crippen molar-refractivity contribution in [2.75, 3.05) is 10.6 Å². The molecule has 0 spiro atoms. The Balaban J connectivity index is 1.56. The van der Waals surface area contributed by atoms with E-state index in [1.54, 1.807) is 18.3 Å². The van der Waals surface area contributed by atoms with Crippen LogP contribution in [0.25, 0.3) is 11.1 Å². The molecule has 3 aromatic carbocycles. The predicted molar refractivity (Wildman–Crippen MR) is 121 cm³/mol. The molecular weight excluding hydrogens is 370 g/mol. The third kappa shape index (κ3) is 4.29. The van der Waals surface area contributed by atoms with Crippen molar-refractivity contribution in [3.05, 3.63) is 95.7 Å². The van der Waals surface area contributed by atoms with E-state index in [0.29, 0.717) is 17.3 Å². The van der Waals surface area contributed by atoms with E-state index in [0.717, 1.165) is 22.5 Å². The number of nitriles is 1. The monoisotopic (exact) mass is 391 g/mol. The second-order valence-electron chi connectivity index (χ2n) is 7.06. The van der Waals surface area contributed by atoms with Crippen LogP contribution in [0.3, 0.4) is 0 Å². The summed E-state index contributed by atoms with van der Waals surface area (Å²) in [5, 5.41) is 15.5. The lowest BCUT2D eigenvalue weighted by molar-refractivity contribution is 1.16. The molecule has 0 aliphatic heterocycles. The number of benzene rings is 3. The molecule has 0 saturated carbocycles. The van der Waals surface area contributed by atoms with Gasteiger partial charge >= 0.3 is 0 Å². The first kappa shape index (κ1) is 19.2. The Kier molecular flexibility index (Phi) is 5.40. The number of rotatable bonds is 5. The molecule has 1 aromatic heterocycles. The van der Waals surface area contributed by atoms with Gasteiger partial charge in [0.1, 0.15) is 5.82 Å². The Morgan fingerprint density at radius 3 is 2.17 bits per heavy atom. The van der Waals surface area contributed by atoms with Gasteiger partial charge in [-0.05, 0) is 78.6 Å². The molecule has 2 N–H and O–H groups in total. The maximum Gasteiger partial charge on any atom is 0.229 e. The molecule has 5 heteroatoms. The Hall–Kier alpha value is -4.17. The van der Waals surface area contributed by atoms with Crippen LogP contribution >= 0.6 is 0 Å². The van der Waals surface area contributed by atoms with E-state index in [-0.39, 0.29) is 0 Å². The largest absolute Gasteiger partial charge is 0.340 e. The van der Waals surface area contributed by atoms with Crippen molar-refractivity contribution in [2.24, 2.45) is 0 Å². The second-order valence-corrected chi connectivity index (χ2v) is 7.06. The maximum absolute atomic E-state index is 8.92. The highest BCUT2D eigenvalue weighted by Crippen LogP contribution is 2.30. The van der Waals surface area contributed by atoms with Crippen LogP contribution in [0.15, 0.2) is 79.0 Å². The molecule has 4 rings (SSSR count). The Bertz CT molecular complexity index is 1190. The fraction of sp³-hybridized carbons (Fsp3) is 0.0800. The number of hydrogen-bond donors (Lipinski definition) is 2. The minimum Gasteiger partial charge on any atom is -0.340 e. The number of anilines is 4. The molecule has 0 radical (unpaired) electrons. The van der Waals surface area contributed by atoms with Crippen molar-refractivity contribution >= 4 is 23.1 Å². The minimum atomic E-state index is 0.487. The van der Waals surface area contributed by atoms with Crippen LogP contribution in [-0.2, 0) is 0 Å². The lowest BCUT2D eigenvalue weighted by Gasteiger charge is -2.15. The second kappa shape index (κ2) is 8.46. The molecule has 5 nitrogen and oxygen atoms in total. The van der Waals surface area contributed by atoms with E-state index < -0.39 is 0 Å². The zero-order chi connectivity index (χ0) is 20.9. The number of aryl methyl sites for hydroxylation is 2. The zero-order valence-electron chi connectivity index (χ0n) is 16.8. The van der Waals surface area contributed by atoms with Gasteiger partial charge in [-0.1, -0.05) is 30.3 Å². The predicted octanol–water partition coefficient (Wildman–Crippen LogP) is 6.12. The Morgan fingerprint density at radius 2 is 1.50 bits per heavy atom. The molecule has 1 heterocycles. The minimum absolute atomic E-state index is 0.487. The number of hydrogen-bond acceptors (Lipinski definition) is 5. The van der Waals surface area contributed by atoms with Crippen molar-refractivity contribution < 1.29 is 0 Å². The normalized spacial score (nSPS) is 10.3. The molecular formula is C25H21N5. The highest BCUT2D eigenvalue weighted by atomic mass is 15.1. The van der Waals surface area contributed by atoms with Crippen LogP contribution in [0.1, 0.15) is 16.7 Å².